The van der Waals surface area contributed by atoms with Crippen LogP contribution in [0.15, 0.2) is 36.5 Å². The van der Waals surface area contributed by atoms with Gasteiger partial charge in [0.1, 0.15) is 5.82 Å². The van der Waals surface area contributed by atoms with E-state index in [0.717, 1.165) is 41.3 Å². The minimum Gasteiger partial charge on any atom is -0.481 e. The number of fused-ring (bicyclic) bond motifs is 2. The van der Waals surface area contributed by atoms with Gasteiger partial charge in [-0.3, -0.25) is 14.5 Å². The fraction of sp³-hybridized carbons (Fsp3) is 0.294. The maximum Gasteiger partial charge on any atom is 0.303 e. The normalized spacial score (nSPS) is 13.9. The van der Waals surface area contributed by atoms with Crippen LogP contribution in [0, 0.1) is 0 Å². The van der Waals surface area contributed by atoms with E-state index in [1.54, 1.807) is 6.20 Å². The van der Waals surface area contributed by atoms with E-state index in [9.17, 15) is 4.79 Å². The van der Waals surface area contributed by atoms with Gasteiger partial charge in [-0.15, -0.1) is 0 Å². The van der Waals surface area contributed by atoms with E-state index in [4.69, 9.17) is 10.1 Å². The fourth-order valence-electron chi connectivity index (χ4n) is 2.98. The second kappa shape index (κ2) is 5.92. The molecule has 0 amide bonds. The topological polar surface area (TPSA) is 84.1 Å². The van der Waals surface area contributed by atoms with Crippen LogP contribution in [0.3, 0.4) is 0 Å². The number of carboxylic acids is 1. The van der Waals surface area contributed by atoms with Gasteiger partial charge in [-0.25, -0.2) is 4.98 Å². The fourth-order valence-corrected chi connectivity index (χ4v) is 2.98. The molecule has 0 radical (unpaired) electrons. The molecule has 0 spiro atoms. The molecular weight excluding hydrogens is 306 g/mol. The van der Waals surface area contributed by atoms with E-state index >= 15 is 0 Å². The smallest absolute Gasteiger partial charge is 0.303 e. The Morgan fingerprint density at radius 3 is 2.88 bits per heavy atom. The molecule has 1 aliphatic heterocycles. The summed E-state index contributed by atoms with van der Waals surface area (Å²) < 4.78 is 1.96. The summed E-state index contributed by atoms with van der Waals surface area (Å²) in [5.74, 6) is 0.0577. The van der Waals surface area contributed by atoms with Gasteiger partial charge in [0.25, 0.3) is 0 Å². The molecule has 3 aromatic rings. The third kappa shape index (κ3) is 2.80. The standard InChI is InChI=1S/C17H17N5O2/c23-17(24)6-5-12-9-13-11-21(7-8-22(13)20-12)16-10-18-14-3-1-2-4-15(14)19-16/h1-4,9-10H,5-8,11H2,(H,23,24). The lowest BCUT2D eigenvalue weighted by Crippen LogP contribution is -2.34. The van der Waals surface area contributed by atoms with E-state index in [2.05, 4.69) is 15.0 Å². The summed E-state index contributed by atoms with van der Waals surface area (Å²) >= 11 is 0. The summed E-state index contributed by atoms with van der Waals surface area (Å²) in [6, 6.07) is 9.81. The van der Waals surface area contributed by atoms with Crippen molar-refractivity contribution < 1.29 is 9.90 Å². The van der Waals surface area contributed by atoms with Crippen molar-refractivity contribution in [2.24, 2.45) is 0 Å². The van der Waals surface area contributed by atoms with Crippen molar-refractivity contribution in [2.45, 2.75) is 25.9 Å². The summed E-state index contributed by atoms with van der Waals surface area (Å²) in [4.78, 5) is 22.0. The molecular formula is C17H17N5O2. The number of aromatic nitrogens is 4. The van der Waals surface area contributed by atoms with E-state index < -0.39 is 5.97 Å². The number of carboxylic acid groups (broad SMARTS) is 1. The van der Waals surface area contributed by atoms with E-state index in [1.807, 2.05) is 35.0 Å². The van der Waals surface area contributed by atoms with Crippen LogP contribution in [-0.2, 0) is 24.3 Å². The van der Waals surface area contributed by atoms with Crippen molar-refractivity contribution in [3.8, 4) is 0 Å². The lowest BCUT2D eigenvalue weighted by Gasteiger charge is -2.28. The maximum atomic E-state index is 10.7. The quantitative estimate of drug-likeness (QED) is 0.789. The molecule has 4 rings (SSSR count). The SMILES string of the molecule is O=C(O)CCc1cc2n(n1)CCN(c1cnc3ccccc3n1)C2. The number of para-hydroxylation sites is 2. The molecule has 0 aliphatic carbocycles. The first-order chi connectivity index (χ1) is 11.7. The minimum atomic E-state index is -0.797. The van der Waals surface area contributed by atoms with Crippen molar-refractivity contribution in [1.29, 1.82) is 0 Å². The molecule has 3 heterocycles. The van der Waals surface area contributed by atoms with Crippen molar-refractivity contribution in [3.05, 3.63) is 47.9 Å². The Morgan fingerprint density at radius 1 is 1.21 bits per heavy atom. The highest BCUT2D eigenvalue weighted by Crippen LogP contribution is 2.21. The molecule has 1 N–H and O–H groups in total. The molecule has 2 aromatic heterocycles. The maximum absolute atomic E-state index is 10.7. The van der Waals surface area contributed by atoms with E-state index in [1.165, 1.54) is 0 Å². The molecule has 0 bridgehead atoms. The number of aryl methyl sites for hydroxylation is 1. The van der Waals surface area contributed by atoms with Crippen LogP contribution in [0.2, 0.25) is 0 Å². The van der Waals surface area contributed by atoms with Gasteiger partial charge in [0, 0.05) is 13.0 Å². The predicted molar refractivity (Wildman–Crippen MR) is 88.8 cm³/mol. The van der Waals surface area contributed by atoms with Crippen LogP contribution in [0.4, 0.5) is 5.82 Å². The second-order valence-electron chi connectivity index (χ2n) is 5.88. The molecule has 122 valence electrons. The molecule has 1 aromatic carbocycles. The Hall–Kier alpha value is -2.96. The number of anilines is 1. The Bertz CT molecular complexity index is 905. The summed E-state index contributed by atoms with van der Waals surface area (Å²) in [5, 5.41) is 13.3. The number of nitrogens with zero attached hydrogens (tertiary/aromatic N) is 5. The van der Waals surface area contributed by atoms with E-state index in [-0.39, 0.29) is 6.42 Å². The van der Waals surface area contributed by atoms with Gasteiger partial charge >= 0.3 is 5.97 Å². The van der Waals surface area contributed by atoms with Gasteiger partial charge in [0.2, 0.25) is 0 Å². The molecule has 1 aliphatic rings. The van der Waals surface area contributed by atoms with Gasteiger partial charge < -0.3 is 10.0 Å². The average Bonchev–Trinajstić information content (AvgIpc) is 3.01. The zero-order valence-corrected chi connectivity index (χ0v) is 13.1. The first-order valence-electron chi connectivity index (χ1n) is 7.93. The van der Waals surface area contributed by atoms with Crippen LogP contribution >= 0.6 is 0 Å². The zero-order chi connectivity index (χ0) is 16.5. The first-order valence-corrected chi connectivity index (χ1v) is 7.93. The number of aliphatic carboxylic acids is 1. The summed E-state index contributed by atoms with van der Waals surface area (Å²) in [7, 11) is 0. The number of benzene rings is 1. The van der Waals surface area contributed by atoms with Crippen LogP contribution in [-0.4, -0.2) is 37.4 Å². The van der Waals surface area contributed by atoms with E-state index in [0.29, 0.717) is 13.0 Å². The van der Waals surface area contributed by atoms with Gasteiger partial charge in [0.05, 0.1) is 48.1 Å². The molecule has 24 heavy (non-hydrogen) atoms. The number of rotatable bonds is 4. The van der Waals surface area contributed by atoms with Gasteiger partial charge in [-0.1, -0.05) is 12.1 Å². The molecule has 0 fully saturated rings. The molecule has 0 saturated carbocycles. The first kappa shape index (κ1) is 14.6. The number of carbonyl (C=O) groups is 1. The van der Waals surface area contributed by atoms with Crippen LogP contribution < -0.4 is 4.90 Å². The highest BCUT2D eigenvalue weighted by atomic mass is 16.4. The van der Waals surface area contributed by atoms with Crippen LogP contribution in [0.1, 0.15) is 17.8 Å². The number of hydrogen-bond acceptors (Lipinski definition) is 5. The predicted octanol–water partition coefficient (Wildman–Crippen LogP) is 1.86. The van der Waals surface area contributed by atoms with Crippen molar-refractivity contribution >= 4 is 22.8 Å². The van der Waals surface area contributed by atoms with Crippen molar-refractivity contribution in [3.63, 3.8) is 0 Å². The Kier molecular flexibility index (Phi) is 3.60. The monoisotopic (exact) mass is 323 g/mol. The summed E-state index contributed by atoms with van der Waals surface area (Å²) in [6.45, 7) is 2.27. The van der Waals surface area contributed by atoms with Crippen molar-refractivity contribution in [1.82, 2.24) is 19.7 Å². The Balaban J connectivity index is 1.55. The van der Waals surface area contributed by atoms with Crippen molar-refractivity contribution in [2.75, 3.05) is 11.4 Å². The van der Waals surface area contributed by atoms with Gasteiger partial charge in [-0.05, 0) is 18.2 Å². The Morgan fingerprint density at radius 2 is 2.04 bits per heavy atom. The lowest BCUT2D eigenvalue weighted by atomic mass is 10.2. The summed E-state index contributed by atoms with van der Waals surface area (Å²) in [5.41, 5.74) is 3.69. The average molecular weight is 323 g/mol. The largest absolute Gasteiger partial charge is 0.481 e. The zero-order valence-electron chi connectivity index (χ0n) is 13.1. The highest BCUT2D eigenvalue weighted by molar-refractivity contribution is 5.75. The lowest BCUT2D eigenvalue weighted by molar-refractivity contribution is -0.136. The van der Waals surface area contributed by atoms with Crippen LogP contribution in [0.25, 0.3) is 11.0 Å². The molecule has 0 unspecified atom stereocenters. The third-order valence-electron chi connectivity index (χ3n) is 4.20. The molecule has 7 heteroatoms. The number of hydrogen-bond donors (Lipinski definition) is 1. The highest BCUT2D eigenvalue weighted by Gasteiger charge is 2.20. The summed E-state index contributed by atoms with van der Waals surface area (Å²) in [6.07, 6.45) is 2.38. The molecule has 0 atom stereocenters. The second-order valence-corrected chi connectivity index (χ2v) is 5.88. The minimum absolute atomic E-state index is 0.107. The van der Waals surface area contributed by atoms with Gasteiger partial charge in [-0.2, -0.15) is 5.10 Å². The third-order valence-corrected chi connectivity index (χ3v) is 4.20. The van der Waals surface area contributed by atoms with Gasteiger partial charge in [0.15, 0.2) is 0 Å². The Labute approximate surface area is 138 Å². The molecule has 0 saturated heterocycles. The van der Waals surface area contributed by atoms with Crippen LogP contribution in [0.5, 0.6) is 0 Å². The molecule has 7 nitrogen and oxygen atoms in total.